The van der Waals surface area contributed by atoms with E-state index in [0.717, 1.165) is 0 Å². The van der Waals surface area contributed by atoms with Crippen LogP contribution in [0.3, 0.4) is 0 Å². The lowest BCUT2D eigenvalue weighted by molar-refractivity contribution is 0.159. The standard InChI is InChI=1S/C7H13N5O4S/c1-2-16-7(13)12-17(14,15)11-6-5(3-8)4-9-10-6/h4H,2-3,8H2,1H3,(H,12,13)(H2,9,10,11). The summed E-state index contributed by atoms with van der Waals surface area (Å²) in [6, 6.07) is 0. The number of ether oxygens (including phenoxy) is 1. The zero-order valence-electron chi connectivity index (χ0n) is 9.06. The molecule has 1 aromatic heterocycles. The van der Waals surface area contributed by atoms with Gasteiger partial charge in [-0.2, -0.15) is 13.5 Å². The highest BCUT2D eigenvalue weighted by Gasteiger charge is 2.17. The van der Waals surface area contributed by atoms with Gasteiger partial charge >= 0.3 is 16.3 Å². The molecule has 96 valence electrons. The van der Waals surface area contributed by atoms with Gasteiger partial charge in [0.05, 0.1) is 12.8 Å². The quantitative estimate of drug-likeness (QED) is 0.552. The zero-order chi connectivity index (χ0) is 12.9. The van der Waals surface area contributed by atoms with E-state index >= 15 is 0 Å². The number of rotatable bonds is 5. The van der Waals surface area contributed by atoms with Crippen molar-refractivity contribution in [1.29, 1.82) is 0 Å². The SMILES string of the molecule is CCOC(=O)NS(=O)(=O)Nc1[nH]ncc1CN. The molecule has 1 amide bonds. The molecule has 5 N–H and O–H groups in total. The largest absolute Gasteiger partial charge is 0.449 e. The molecule has 0 saturated heterocycles. The zero-order valence-corrected chi connectivity index (χ0v) is 9.87. The smallest absolute Gasteiger partial charge is 0.422 e. The third-order valence-corrected chi connectivity index (χ3v) is 2.58. The van der Waals surface area contributed by atoms with Crippen LogP contribution in [0, 0.1) is 0 Å². The maximum Gasteiger partial charge on any atom is 0.422 e. The average molecular weight is 263 g/mol. The van der Waals surface area contributed by atoms with Gasteiger partial charge in [0.15, 0.2) is 0 Å². The summed E-state index contributed by atoms with van der Waals surface area (Å²) in [5, 5.41) is 6.02. The van der Waals surface area contributed by atoms with E-state index in [1.54, 1.807) is 11.6 Å². The number of H-pyrrole nitrogens is 1. The van der Waals surface area contributed by atoms with Crippen molar-refractivity contribution in [3.63, 3.8) is 0 Å². The molecule has 0 aliphatic carbocycles. The number of carbonyl (C=O) groups excluding carboxylic acids is 1. The fourth-order valence-corrected chi connectivity index (χ4v) is 1.76. The van der Waals surface area contributed by atoms with Crippen LogP contribution < -0.4 is 15.2 Å². The molecule has 0 aromatic carbocycles. The Kier molecular flexibility index (Phi) is 4.29. The average Bonchev–Trinajstić information content (AvgIpc) is 2.63. The minimum atomic E-state index is -4.06. The molecule has 0 aliphatic rings. The molecule has 1 rings (SSSR count). The van der Waals surface area contributed by atoms with Crippen LogP contribution in [0.2, 0.25) is 0 Å². The minimum absolute atomic E-state index is 0.0689. The summed E-state index contributed by atoms with van der Waals surface area (Å²) in [5.74, 6) is 0.101. The third kappa shape index (κ3) is 3.92. The third-order valence-electron chi connectivity index (χ3n) is 1.67. The van der Waals surface area contributed by atoms with Gasteiger partial charge in [-0.15, -0.1) is 0 Å². The van der Waals surface area contributed by atoms with E-state index in [9.17, 15) is 13.2 Å². The summed E-state index contributed by atoms with van der Waals surface area (Å²) >= 11 is 0. The van der Waals surface area contributed by atoms with E-state index in [2.05, 4.69) is 19.7 Å². The van der Waals surface area contributed by atoms with Gasteiger partial charge in [0, 0.05) is 12.1 Å². The molecular weight excluding hydrogens is 250 g/mol. The number of hydrogen-bond donors (Lipinski definition) is 4. The van der Waals surface area contributed by atoms with E-state index in [1.165, 1.54) is 6.20 Å². The first-order valence-corrected chi connectivity index (χ1v) is 6.16. The number of nitrogens with zero attached hydrogens (tertiary/aromatic N) is 1. The maximum atomic E-state index is 11.4. The molecule has 17 heavy (non-hydrogen) atoms. The molecular formula is C7H13N5O4S. The number of nitrogens with two attached hydrogens (primary N) is 1. The van der Waals surface area contributed by atoms with Crippen molar-refractivity contribution < 1.29 is 17.9 Å². The summed E-state index contributed by atoms with van der Waals surface area (Å²) in [5.41, 5.74) is 5.83. The van der Waals surface area contributed by atoms with E-state index < -0.39 is 16.3 Å². The molecule has 10 heteroatoms. The fourth-order valence-electron chi connectivity index (χ4n) is 0.984. The summed E-state index contributed by atoms with van der Waals surface area (Å²) < 4.78 is 31.0. The van der Waals surface area contributed by atoms with Gasteiger partial charge in [0.1, 0.15) is 5.82 Å². The van der Waals surface area contributed by atoms with Crippen molar-refractivity contribution in [2.45, 2.75) is 13.5 Å². The van der Waals surface area contributed by atoms with E-state index in [-0.39, 0.29) is 19.0 Å². The van der Waals surface area contributed by atoms with Gasteiger partial charge in [-0.05, 0) is 6.92 Å². The summed E-state index contributed by atoms with van der Waals surface area (Å²) in [6.45, 7) is 1.73. The van der Waals surface area contributed by atoms with Crippen molar-refractivity contribution in [2.24, 2.45) is 5.73 Å². The Morgan fingerprint density at radius 2 is 2.35 bits per heavy atom. The number of hydrogen-bond acceptors (Lipinski definition) is 6. The van der Waals surface area contributed by atoms with Crippen LogP contribution in [0.4, 0.5) is 10.6 Å². The fraction of sp³-hybridized carbons (Fsp3) is 0.429. The topological polar surface area (TPSA) is 139 Å². The number of amides is 1. The number of anilines is 1. The molecule has 0 atom stereocenters. The molecule has 0 aliphatic heterocycles. The molecule has 0 fully saturated rings. The van der Waals surface area contributed by atoms with Crippen molar-refractivity contribution in [3.05, 3.63) is 11.8 Å². The van der Waals surface area contributed by atoms with Crippen LogP contribution in [0.1, 0.15) is 12.5 Å². The second-order valence-electron chi connectivity index (χ2n) is 2.90. The van der Waals surface area contributed by atoms with Crippen LogP contribution in [0.25, 0.3) is 0 Å². The second-order valence-corrected chi connectivity index (χ2v) is 4.32. The van der Waals surface area contributed by atoms with Crippen LogP contribution in [0.5, 0.6) is 0 Å². The summed E-state index contributed by atoms with van der Waals surface area (Å²) in [6.07, 6.45) is 0.316. The molecule has 0 radical (unpaired) electrons. The molecule has 1 aromatic rings. The normalized spacial score (nSPS) is 10.9. The monoisotopic (exact) mass is 263 g/mol. The van der Waals surface area contributed by atoms with E-state index in [4.69, 9.17) is 5.73 Å². The van der Waals surface area contributed by atoms with Gasteiger partial charge in [0.25, 0.3) is 0 Å². The van der Waals surface area contributed by atoms with Crippen molar-refractivity contribution >= 4 is 22.1 Å². The molecule has 0 bridgehead atoms. The molecule has 9 nitrogen and oxygen atoms in total. The van der Waals surface area contributed by atoms with E-state index in [1.807, 2.05) is 0 Å². The van der Waals surface area contributed by atoms with Crippen LogP contribution >= 0.6 is 0 Å². The Labute approximate surface area is 97.9 Å². The first-order valence-electron chi connectivity index (χ1n) is 4.68. The first-order chi connectivity index (χ1) is 7.98. The Bertz CT molecular complexity index is 482. The van der Waals surface area contributed by atoms with E-state index in [0.29, 0.717) is 5.56 Å². The number of carbonyl (C=O) groups is 1. The Hall–Kier alpha value is -1.81. The van der Waals surface area contributed by atoms with Crippen LogP contribution in [0.15, 0.2) is 6.20 Å². The van der Waals surface area contributed by atoms with Crippen molar-refractivity contribution in [3.8, 4) is 0 Å². The molecule has 0 saturated carbocycles. The summed E-state index contributed by atoms with van der Waals surface area (Å²) in [7, 11) is -4.06. The van der Waals surface area contributed by atoms with Crippen molar-refractivity contribution in [2.75, 3.05) is 11.3 Å². The van der Waals surface area contributed by atoms with Crippen LogP contribution in [-0.2, 0) is 21.5 Å². The highest BCUT2D eigenvalue weighted by molar-refractivity contribution is 7.91. The number of nitrogens with one attached hydrogen (secondary N) is 3. The van der Waals surface area contributed by atoms with Gasteiger partial charge in [-0.1, -0.05) is 0 Å². The predicted octanol–water partition coefficient (Wildman–Crippen LogP) is -0.729. The second kappa shape index (κ2) is 5.50. The molecule has 1 heterocycles. The highest BCUT2D eigenvalue weighted by atomic mass is 32.2. The minimum Gasteiger partial charge on any atom is -0.449 e. The first kappa shape index (κ1) is 13.3. The van der Waals surface area contributed by atoms with Gasteiger partial charge in [-0.25, -0.2) is 9.52 Å². The summed E-state index contributed by atoms with van der Waals surface area (Å²) in [4.78, 5) is 10.9. The van der Waals surface area contributed by atoms with Gasteiger partial charge in [0.2, 0.25) is 0 Å². The Morgan fingerprint density at radius 1 is 1.65 bits per heavy atom. The molecule has 0 unspecified atom stereocenters. The van der Waals surface area contributed by atoms with Gasteiger partial charge in [-0.3, -0.25) is 9.82 Å². The lowest BCUT2D eigenvalue weighted by atomic mass is 10.3. The maximum absolute atomic E-state index is 11.4. The van der Waals surface area contributed by atoms with Gasteiger partial charge < -0.3 is 10.5 Å². The number of aromatic amines is 1. The van der Waals surface area contributed by atoms with Crippen LogP contribution in [-0.4, -0.2) is 31.3 Å². The lowest BCUT2D eigenvalue weighted by Crippen LogP contribution is -2.36. The van der Waals surface area contributed by atoms with Crippen molar-refractivity contribution in [1.82, 2.24) is 14.9 Å². The Morgan fingerprint density at radius 3 is 2.94 bits per heavy atom. The lowest BCUT2D eigenvalue weighted by Gasteiger charge is -2.08. The highest BCUT2D eigenvalue weighted by Crippen LogP contribution is 2.10. The number of aromatic nitrogens is 2. The predicted molar refractivity (Wildman–Crippen MR) is 59.2 cm³/mol. The Balaban J connectivity index is 2.70. The molecule has 0 spiro atoms.